The predicted octanol–water partition coefficient (Wildman–Crippen LogP) is 1.65. The third-order valence-corrected chi connectivity index (χ3v) is 9.16. The number of hydrogen-bond acceptors (Lipinski definition) is 6. The van der Waals surface area contributed by atoms with E-state index in [1.165, 1.54) is 11.8 Å². The first-order chi connectivity index (χ1) is 17.8. The first kappa shape index (κ1) is 22.7. The minimum Gasteiger partial charge on any atom is -0.390 e. The van der Waals surface area contributed by atoms with E-state index >= 15 is 0 Å². The van der Waals surface area contributed by atoms with Crippen LogP contribution in [0.2, 0.25) is 0 Å². The van der Waals surface area contributed by atoms with Crippen molar-refractivity contribution in [3.8, 4) is 0 Å². The van der Waals surface area contributed by atoms with Gasteiger partial charge >= 0.3 is 11.8 Å². The van der Waals surface area contributed by atoms with E-state index in [0.717, 1.165) is 48.7 Å². The Hall–Kier alpha value is -3.47. The number of fused-ring (bicyclic) bond motifs is 3. The summed E-state index contributed by atoms with van der Waals surface area (Å²) in [7, 11) is 0. The smallest absolute Gasteiger partial charge is 0.315 e. The van der Waals surface area contributed by atoms with Gasteiger partial charge in [-0.15, -0.1) is 0 Å². The number of H-pyrrole nitrogens is 1. The van der Waals surface area contributed by atoms with Gasteiger partial charge in [-0.05, 0) is 55.9 Å². The largest absolute Gasteiger partial charge is 0.390 e. The highest BCUT2D eigenvalue weighted by molar-refractivity contribution is 6.40. The Morgan fingerprint density at radius 1 is 1.05 bits per heavy atom. The van der Waals surface area contributed by atoms with Crippen LogP contribution in [0.5, 0.6) is 0 Å². The quantitative estimate of drug-likeness (QED) is 0.453. The lowest BCUT2D eigenvalue weighted by Gasteiger charge is -2.57. The van der Waals surface area contributed by atoms with E-state index in [2.05, 4.69) is 20.0 Å². The van der Waals surface area contributed by atoms with Crippen LogP contribution in [-0.4, -0.2) is 84.2 Å². The first-order valence-corrected chi connectivity index (χ1v) is 13.2. The highest BCUT2D eigenvalue weighted by Gasteiger charge is 2.56. The summed E-state index contributed by atoms with van der Waals surface area (Å²) in [6, 6.07) is 2.10. The zero-order chi connectivity index (χ0) is 25.5. The third kappa shape index (κ3) is 3.54. The first-order valence-electron chi connectivity index (χ1n) is 13.2. The summed E-state index contributed by atoms with van der Waals surface area (Å²) in [5.74, 6) is 0.144. The van der Waals surface area contributed by atoms with E-state index in [0.29, 0.717) is 55.1 Å². The zero-order valence-electron chi connectivity index (χ0n) is 20.8. The van der Waals surface area contributed by atoms with Crippen molar-refractivity contribution in [1.82, 2.24) is 29.5 Å². The van der Waals surface area contributed by atoms with Crippen molar-refractivity contribution in [2.24, 2.45) is 17.8 Å². The normalized spacial score (nSPS) is 30.9. The van der Waals surface area contributed by atoms with Crippen molar-refractivity contribution < 1.29 is 19.5 Å². The molecular formula is C26H31N7O4. The monoisotopic (exact) mass is 505 g/mol. The fraction of sp³-hybridized carbons (Fsp3) is 0.577. The molecule has 37 heavy (non-hydrogen) atoms. The van der Waals surface area contributed by atoms with Crippen LogP contribution in [0.25, 0.3) is 21.9 Å². The van der Waals surface area contributed by atoms with Gasteiger partial charge in [-0.3, -0.25) is 19.1 Å². The molecule has 4 aliphatic carbocycles. The van der Waals surface area contributed by atoms with Gasteiger partial charge in [0.1, 0.15) is 5.65 Å². The number of piperazine rings is 1. The number of nitrogens with zero attached hydrogens (tertiary/aromatic N) is 5. The Morgan fingerprint density at radius 2 is 1.76 bits per heavy atom. The summed E-state index contributed by atoms with van der Waals surface area (Å²) in [6.45, 7) is 2.98. The van der Waals surface area contributed by atoms with Crippen LogP contribution in [0.15, 0.2) is 18.5 Å². The summed E-state index contributed by atoms with van der Waals surface area (Å²) < 4.78 is 2.05. The molecule has 8 rings (SSSR count). The van der Waals surface area contributed by atoms with Gasteiger partial charge in [-0.2, -0.15) is 5.10 Å². The molecule has 1 unspecified atom stereocenters. The molecule has 4 heterocycles. The van der Waals surface area contributed by atoms with Gasteiger partial charge < -0.3 is 25.2 Å². The summed E-state index contributed by atoms with van der Waals surface area (Å²) in [4.78, 5) is 48.5. The van der Waals surface area contributed by atoms with Crippen molar-refractivity contribution in [2.45, 2.75) is 50.7 Å². The maximum atomic E-state index is 13.1. The van der Waals surface area contributed by atoms with Crippen LogP contribution in [-0.2, 0) is 14.4 Å². The van der Waals surface area contributed by atoms with Crippen molar-refractivity contribution in [3.05, 3.63) is 18.5 Å². The molecule has 0 aromatic carbocycles. The molecule has 0 spiro atoms. The molecule has 3 N–H and O–H groups in total. The van der Waals surface area contributed by atoms with Crippen LogP contribution < -0.4 is 5.32 Å². The Kier molecular flexibility index (Phi) is 4.92. The van der Waals surface area contributed by atoms with Crippen molar-refractivity contribution in [3.63, 3.8) is 0 Å². The summed E-state index contributed by atoms with van der Waals surface area (Å²) in [6.07, 6.45) is 8.17. The molecule has 1 aliphatic heterocycles. The Morgan fingerprint density at radius 3 is 2.43 bits per heavy atom. The highest BCUT2D eigenvalue weighted by Crippen LogP contribution is 2.60. The van der Waals surface area contributed by atoms with Crippen molar-refractivity contribution in [1.29, 1.82) is 0 Å². The highest BCUT2D eigenvalue weighted by atomic mass is 16.3. The number of hydrogen-bond donors (Lipinski definition) is 3. The number of amides is 3. The third-order valence-electron chi connectivity index (χ3n) is 9.16. The van der Waals surface area contributed by atoms with Gasteiger partial charge in [0.05, 0.1) is 22.5 Å². The zero-order valence-corrected chi connectivity index (χ0v) is 20.8. The van der Waals surface area contributed by atoms with E-state index in [1.807, 2.05) is 12.3 Å². The van der Waals surface area contributed by atoms with Gasteiger partial charge in [0.2, 0.25) is 5.91 Å². The second kappa shape index (κ2) is 8.01. The van der Waals surface area contributed by atoms with Gasteiger partial charge in [0, 0.05) is 50.9 Å². The molecule has 5 aliphatic rings. The maximum Gasteiger partial charge on any atom is 0.315 e. The molecule has 0 radical (unpaired) electrons. The molecule has 3 aromatic heterocycles. The molecular weight excluding hydrogens is 474 g/mol. The standard InChI is InChI=1S/C26H31N7O4/c1-14(34)31-4-6-32(7-5-31)25(36)24(35)29-23-19-13-28-22-18(2-3-27-22)21(19)33(30-23)20-16-8-15-9-17(20)12-26(37,10-15)11-16/h2-3,13,15-17,20,37H,4-12H2,1H3,(H,27,28)(H,29,30,35)/t15?,16-,17+,20+,26-. The van der Waals surface area contributed by atoms with Gasteiger partial charge in [-0.1, -0.05) is 0 Å². The number of anilines is 1. The van der Waals surface area contributed by atoms with Gasteiger partial charge in [0.15, 0.2) is 5.82 Å². The number of pyridine rings is 1. The number of aromatic nitrogens is 4. The number of aliphatic hydroxyl groups is 1. The Labute approximate surface area is 213 Å². The van der Waals surface area contributed by atoms with Crippen LogP contribution >= 0.6 is 0 Å². The molecule has 4 saturated carbocycles. The van der Waals surface area contributed by atoms with Crippen LogP contribution in [0.4, 0.5) is 5.82 Å². The summed E-state index contributed by atoms with van der Waals surface area (Å²) in [5.41, 5.74) is 1.08. The molecule has 4 bridgehead atoms. The Balaban J connectivity index is 1.22. The summed E-state index contributed by atoms with van der Waals surface area (Å²) in [5, 5.41) is 20.4. The van der Waals surface area contributed by atoms with Crippen LogP contribution in [0.3, 0.4) is 0 Å². The average Bonchev–Trinajstić information content (AvgIpc) is 3.47. The fourth-order valence-corrected chi connectivity index (χ4v) is 7.82. The van der Waals surface area contributed by atoms with Crippen LogP contribution in [0, 0.1) is 17.8 Å². The summed E-state index contributed by atoms with van der Waals surface area (Å²) >= 11 is 0. The molecule has 3 amide bonds. The average molecular weight is 506 g/mol. The lowest BCUT2D eigenvalue weighted by molar-refractivity contribution is -0.148. The fourth-order valence-electron chi connectivity index (χ4n) is 7.82. The van der Waals surface area contributed by atoms with E-state index in [9.17, 15) is 19.5 Å². The molecule has 3 aromatic rings. The maximum absolute atomic E-state index is 13.1. The van der Waals surface area contributed by atoms with E-state index in [1.54, 1.807) is 11.1 Å². The molecule has 194 valence electrons. The topological polar surface area (TPSA) is 136 Å². The Bertz CT molecular complexity index is 1420. The van der Waals surface area contributed by atoms with E-state index in [-0.39, 0.29) is 11.9 Å². The minimum absolute atomic E-state index is 0.0333. The van der Waals surface area contributed by atoms with Gasteiger partial charge in [0.25, 0.3) is 0 Å². The van der Waals surface area contributed by atoms with Gasteiger partial charge in [-0.25, -0.2) is 4.98 Å². The number of carbonyl (C=O) groups is 3. The second-order valence-corrected chi connectivity index (χ2v) is 11.5. The molecule has 1 saturated heterocycles. The minimum atomic E-state index is -0.739. The number of aromatic amines is 1. The van der Waals surface area contributed by atoms with Crippen molar-refractivity contribution in [2.75, 3.05) is 31.5 Å². The number of nitrogens with one attached hydrogen (secondary N) is 2. The lowest BCUT2D eigenvalue weighted by Crippen LogP contribution is -2.55. The molecule has 5 atom stereocenters. The predicted molar refractivity (Wildman–Crippen MR) is 134 cm³/mol. The van der Waals surface area contributed by atoms with E-state index in [4.69, 9.17) is 5.10 Å². The molecule has 5 fully saturated rings. The second-order valence-electron chi connectivity index (χ2n) is 11.5. The molecule has 11 nitrogen and oxygen atoms in total. The van der Waals surface area contributed by atoms with Crippen molar-refractivity contribution >= 4 is 45.5 Å². The van der Waals surface area contributed by atoms with E-state index < -0.39 is 17.4 Å². The van der Waals surface area contributed by atoms with Crippen LogP contribution in [0.1, 0.15) is 45.1 Å². The SMILES string of the molecule is CC(=O)N1CCN(C(=O)C(=O)Nc2nn([C@H]3[C@@H]4CC5C[C@H]3C[C@@](O)(C5)C4)c3c2cnc2[nH]ccc23)CC1. The lowest BCUT2D eigenvalue weighted by atomic mass is 9.52. The molecule has 11 heteroatoms. The number of carbonyl (C=O) groups excluding carboxylic acids is 3. The number of rotatable bonds is 2.